The molecule has 0 aromatic heterocycles. The van der Waals surface area contributed by atoms with Crippen molar-refractivity contribution in [2.45, 2.75) is 85.1 Å². The molecule has 2 saturated carbocycles. The SMILES string of the molecule is CCCCC(C)(C[SiH](OCC)OCC)C12CCC(CC1)C2. The highest BCUT2D eigenvalue weighted by atomic mass is 28.3. The van der Waals surface area contributed by atoms with Crippen molar-refractivity contribution in [2.24, 2.45) is 16.7 Å². The van der Waals surface area contributed by atoms with Gasteiger partial charge in [0.2, 0.25) is 0 Å². The number of hydrogen-bond donors (Lipinski definition) is 0. The van der Waals surface area contributed by atoms with Crippen molar-refractivity contribution < 1.29 is 8.85 Å². The van der Waals surface area contributed by atoms with Gasteiger partial charge in [0, 0.05) is 13.2 Å². The van der Waals surface area contributed by atoms with Gasteiger partial charge in [-0.2, -0.15) is 0 Å². The van der Waals surface area contributed by atoms with E-state index in [2.05, 4.69) is 27.7 Å². The topological polar surface area (TPSA) is 18.5 Å². The molecule has 1 atom stereocenters. The van der Waals surface area contributed by atoms with Crippen LogP contribution in [-0.4, -0.2) is 22.5 Å². The van der Waals surface area contributed by atoms with E-state index in [0.29, 0.717) is 10.8 Å². The van der Waals surface area contributed by atoms with Crippen LogP contribution in [0.3, 0.4) is 0 Å². The van der Waals surface area contributed by atoms with Crippen LogP contribution >= 0.6 is 0 Å². The molecule has 2 aliphatic carbocycles. The van der Waals surface area contributed by atoms with Gasteiger partial charge in [-0.25, -0.2) is 0 Å². The van der Waals surface area contributed by atoms with E-state index in [-0.39, 0.29) is 0 Å². The average Bonchev–Trinajstić information content (AvgIpc) is 3.08. The molecule has 0 N–H and O–H groups in total. The Kier molecular flexibility index (Phi) is 6.34. The number of hydrogen-bond acceptors (Lipinski definition) is 2. The maximum Gasteiger partial charge on any atom is 0.321 e. The van der Waals surface area contributed by atoms with E-state index in [4.69, 9.17) is 8.85 Å². The second kappa shape index (κ2) is 7.61. The van der Waals surface area contributed by atoms with Crippen LogP contribution in [0, 0.1) is 16.7 Å². The maximum absolute atomic E-state index is 6.04. The first-order chi connectivity index (χ1) is 10.1. The summed E-state index contributed by atoms with van der Waals surface area (Å²) in [5.74, 6) is 1.03. The van der Waals surface area contributed by atoms with Crippen molar-refractivity contribution in [3.05, 3.63) is 0 Å². The van der Waals surface area contributed by atoms with Gasteiger partial charge in [0.25, 0.3) is 0 Å². The number of rotatable bonds is 10. The normalized spacial score (nSPS) is 31.0. The summed E-state index contributed by atoms with van der Waals surface area (Å²) in [6, 6.07) is 1.22. The van der Waals surface area contributed by atoms with Crippen molar-refractivity contribution in [1.82, 2.24) is 0 Å². The molecule has 0 saturated heterocycles. The lowest BCUT2D eigenvalue weighted by Gasteiger charge is -2.47. The van der Waals surface area contributed by atoms with Gasteiger partial charge >= 0.3 is 9.28 Å². The van der Waals surface area contributed by atoms with Crippen LogP contribution in [0.2, 0.25) is 6.04 Å². The van der Waals surface area contributed by atoms with Gasteiger partial charge in [-0.15, -0.1) is 0 Å². The second-order valence-electron chi connectivity index (χ2n) is 7.64. The molecule has 2 aliphatic rings. The molecule has 1 unspecified atom stereocenters. The first-order valence-corrected chi connectivity index (χ1v) is 11.1. The summed E-state index contributed by atoms with van der Waals surface area (Å²) >= 11 is 0. The summed E-state index contributed by atoms with van der Waals surface area (Å²) in [4.78, 5) is 0. The summed E-state index contributed by atoms with van der Waals surface area (Å²) < 4.78 is 12.1. The fourth-order valence-electron chi connectivity index (χ4n) is 5.10. The molecule has 0 spiro atoms. The Morgan fingerprint density at radius 3 is 2.14 bits per heavy atom. The molecular formula is C18H36O2Si. The predicted molar refractivity (Wildman–Crippen MR) is 91.8 cm³/mol. The molecule has 21 heavy (non-hydrogen) atoms. The predicted octanol–water partition coefficient (Wildman–Crippen LogP) is 5.06. The molecular weight excluding hydrogens is 276 g/mol. The lowest BCUT2D eigenvalue weighted by Crippen LogP contribution is -2.42. The van der Waals surface area contributed by atoms with E-state index in [1.165, 1.54) is 57.4 Å². The van der Waals surface area contributed by atoms with Crippen LogP contribution in [0.25, 0.3) is 0 Å². The summed E-state index contributed by atoms with van der Waals surface area (Å²) in [5, 5.41) is 0. The Bertz CT molecular complexity index is 306. The van der Waals surface area contributed by atoms with Crippen LogP contribution in [0.1, 0.15) is 79.1 Å². The number of fused-ring (bicyclic) bond motifs is 2. The van der Waals surface area contributed by atoms with Crippen LogP contribution in [0.15, 0.2) is 0 Å². The molecule has 0 aromatic rings. The van der Waals surface area contributed by atoms with Crippen molar-refractivity contribution in [1.29, 1.82) is 0 Å². The molecule has 0 amide bonds. The van der Waals surface area contributed by atoms with Crippen molar-refractivity contribution in [3.8, 4) is 0 Å². The van der Waals surface area contributed by atoms with Gasteiger partial charge in [0.05, 0.1) is 0 Å². The first-order valence-electron chi connectivity index (χ1n) is 9.32. The lowest BCUT2D eigenvalue weighted by molar-refractivity contribution is 0.0536. The zero-order valence-corrected chi connectivity index (χ0v) is 15.9. The minimum atomic E-state index is -1.50. The minimum absolute atomic E-state index is 0.454. The van der Waals surface area contributed by atoms with Crippen LogP contribution in [-0.2, 0) is 8.85 Å². The van der Waals surface area contributed by atoms with E-state index in [0.717, 1.165) is 19.1 Å². The quantitative estimate of drug-likeness (QED) is 0.525. The molecule has 2 rings (SSSR count). The summed E-state index contributed by atoms with van der Waals surface area (Å²) in [7, 11) is -1.50. The molecule has 0 aliphatic heterocycles. The Hall–Kier alpha value is 0.137. The zero-order chi connectivity index (χ0) is 15.3. The summed E-state index contributed by atoms with van der Waals surface area (Å²) in [6.45, 7) is 10.8. The van der Waals surface area contributed by atoms with Crippen molar-refractivity contribution >= 4 is 9.28 Å². The average molecular weight is 313 g/mol. The largest absolute Gasteiger partial charge is 0.397 e. The lowest BCUT2D eigenvalue weighted by atomic mass is 9.61. The van der Waals surface area contributed by atoms with E-state index in [1.54, 1.807) is 0 Å². The van der Waals surface area contributed by atoms with Gasteiger partial charge in [-0.3, -0.25) is 0 Å². The standard InChI is InChI=1S/C18H36O2Si/c1-5-8-11-17(4,15-21(19-6-2)20-7-3)18-12-9-16(14-18)10-13-18/h16,21H,5-15H2,1-4H3. The fourth-order valence-corrected chi connectivity index (χ4v) is 7.55. The van der Waals surface area contributed by atoms with Crippen molar-refractivity contribution in [2.75, 3.05) is 13.2 Å². The van der Waals surface area contributed by atoms with Gasteiger partial charge < -0.3 is 8.85 Å². The molecule has 0 aromatic carbocycles. The highest BCUT2D eigenvalue weighted by Gasteiger charge is 2.55. The Labute approximate surface area is 133 Å². The van der Waals surface area contributed by atoms with E-state index >= 15 is 0 Å². The van der Waals surface area contributed by atoms with E-state index < -0.39 is 9.28 Å². The smallest absolute Gasteiger partial charge is 0.321 e. The first kappa shape index (κ1) is 17.5. The molecule has 2 fully saturated rings. The highest BCUT2D eigenvalue weighted by Crippen LogP contribution is 2.65. The molecule has 2 bridgehead atoms. The third-order valence-electron chi connectivity index (χ3n) is 6.43. The van der Waals surface area contributed by atoms with Gasteiger partial charge in [-0.05, 0) is 75.2 Å². The third kappa shape index (κ3) is 3.73. The fraction of sp³-hybridized carbons (Fsp3) is 1.00. The summed E-state index contributed by atoms with van der Waals surface area (Å²) in [6.07, 6.45) is 11.4. The second-order valence-corrected chi connectivity index (χ2v) is 9.57. The Morgan fingerprint density at radius 2 is 1.71 bits per heavy atom. The van der Waals surface area contributed by atoms with E-state index in [1.807, 2.05) is 0 Å². The molecule has 124 valence electrons. The van der Waals surface area contributed by atoms with Gasteiger partial charge in [0.1, 0.15) is 0 Å². The maximum atomic E-state index is 6.04. The molecule has 3 heteroatoms. The summed E-state index contributed by atoms with van der Waals surface area (Å²) in [5.41, 5.74) is 1.07. The number of unbranched alkanes of at least 4 members (excludes halogenated alkanes) is 1. The van der Waals surface area contributed by atoms with Crippen molar-refractivity contribution in [3.63, 3.8) is 0 Å². The van der Waals surface area contributed by atoms with Crippen LogP contribution in [0.4, 0.5) is 0 Å². The van der Waals surface area contributed by atoms with Crippen LogP contribution < -0.4 is 0 Å². The Morgan fingerprint density at radius 1 is 1.10 bits per heavy atom. The van der Waals surface area contributed by atoms with Crippen LogP contribution in [0.5, 0.6) is 0 Å². The minimum Gasteiger partial charge on any atom is -0.397 e. The zero-order valence-electron chi connectivity index (χ0n) is 14.7. The molecule has 2 nitrogen and oxygen atoms in total. The Balaban J connectivity index is 2.11. The monoisotopic (exact) mass is 312 g/mol. The highest BCUT2D eigenvalue weighted by molar-refractivity contribution is 6.44. The third-order valence-corrected chi connectivity index (χ3v) is 9.07. The molecule has 0 radical (unpaired) electrons. The van der Waals surface area contributed by atoms with E-state index in [9.17, 15) is 0 Å². The molecule has 0 heterocycles. The van der Waals surface area contributed by atoms with Gasteiger partial charge in [-0.1, -0.05) is 26.7 Å². The van der Waals surface area contributed by atoms with Gasteiger partial charge in [0.15, 0.2) is 0 Å².